The second-order valence-electron chi connectivity index (χ2n) is 7.56. The van der Waals surface area contributed by atoms with Crippen LogP contribution in [0, 0.1) is 13.8 Å². The molecule has 0 radical (unpaired) electrons. The van der Waals surface area contributed by atoms with Crippen molar-refractivity contribution in [2.45, 2.75) is 26.9 Å². The number of amides is 2. The quantitative estimate of drug-likeness (QED) is 0.668. The third-order valence-corrected chi connectivity index (χ3v) is 5.27. The normalized spacial score (nSPS) is 12.8. The first-order chi connectivity index (χ1) is 14.9. The van der Waals surface area contributed by atoms with Crippen LogP contribution in [0.3, 0.4) is 0 Å². The van der Waals surface area contributed by atoms with Crippen molar-refractivity contribution >= 4 is 17.5 Å². The molecule has 1 aliphatic rings. The molecule has 31 heavy (non-hydrogen) atoms. The van der Waals surface area contributed by atoms with Crippen LogP contribution in [0.25, 0.3) is 0 Å². The number of hydrogen-bond acceptors (Lipinski definition) is 4. The van der Waals surface area contributed by atoms with Crippen molar-refractivity contribution in [1.29, 1.82) is 0 Å². The average Bonchev–Trinajstić information content (AvgIpc) is 2.75. The van der Waals surface area contributed by atoms with Gasteiger partial charge in [0.15, 0.2) is 6.61 Å². The Morgan fingerprint density at radius 1 is 1.10 bits per heavy atom. The number of benzene rings is 2. The monoisotopic (exact) mass is 417 g/mol. The lowest BCUT2D eigenvalue weighted by Gasteiger charge is -2.29. The first-order valence-electron chi connectivity index (χ1n) is 10.0. The maximum atomic E-state index is 12.7. The molecule has 2 aromatic carbocycles. The molecule has 0 spiro atoms. The van der Waals surface area contributed by atoms with Gasteiger partial charge in [0, 0.05) is 23.4 Å². The minimum Gasteiger partial charge on any atom is -0.482 e. The largest absolute Gasteiger partial charge is 0.482 e. The van der Waals surface area contributed by atoms with Gasteiger partial charge in [-0.1, -0.05) is 30.3 Å². The van der Waals surface area contributed by atoms with Crippen LogP contribution in [0.1, 0.15) is 32.7 Å². The van der Waals surface area contributed by atoms with Gasteiger partial charge in [-0.2, -0.15) is 0 Å². The SMILES string of the molecule is Cc1cc(C)c(CNC(=O)c2ccc3c(c2)OCC(=O)N3Cc2ccccc2)c(=O)[nH]1. The number of rotatable bonds is 5. The Morgan fingerprint density at radius 2 is 1.87 bits per heavy atom. The standard InChI is InChI=1S/C24H23N3O4/c1-15-10-16(2)26-24(30)19(15)12-25-23(29)18-8-9-20-21(11-18)31-14-22(28)27(20)13-17-6-4-3-5-7-17/h3-11H,12-14H2,1-2H3,(H,25,29)(H,26,30). The van der Waals surface area contributed by atoms with Gasteiger partial charge in [-0.05, 0) is 49.2 Å². The Labute approximate surface area is 179 Å². The number of fused-ring (bicyclic) bond motifs is 1. The van der Waals surface area contributed by atoms with E-state index in [2.05, 4.69) is 10.3 Å². The third-order valence-electron chi connectivity index (χ3n) is 5.27. The van der Waals surface area contributed by atoms with E-state index >= 15 is 0 Å². The van der Waals surface area contributed by atoms with Crippen molar-refractivity contribution in [1.82, 2.24) is 10.3 Å². The number of hydrogen-bond donors (Lipinski definition) is 2. The average molecular weight is 417 g/mol. The molecule has 158 valence electrons. The number of anilines is 1. The zero-order chi connectivity index (χ0) is 22.0. The Kier molecular flexibility index (Phi) is 5.58. The zero-order valence-corrected chi connectivity index (χ0v) is 17.4. The lowest BCUT2D eigenvalue weighted by molar-refractivity contribution is -0.121. The van der Waals surface area contributed by atoms with Crippen LogP contribution in [0.5, 0.6) is 5.75 Å². The van der Waals surface area contributed by atoms with Crippen LogP contribution in [-0.2, 0) is 17.9 Å². The molecule has 3 aromatic rings. The van der Waals surface area contributed by atoms with E-state index in [0.29, 0.717) is 29.1 Å². The molecule has 0 saturated heterocycles. The predicted molar refractivity (Wildman–Crippen MR) is 117 cm³/mol. The van der Waals surface area contributed by atoms with Gasteiger partial charge in [0.05, 0.1) is 12.2 Å². The second-order valence-corrected chi connectivity index (χ2v) is 7.56. The van der Waals surface area contributed by atoms with Crippen molar-refractivity contribution < 1.29 is 14.3 Å². The fourth-order valence-corrected chi connectivity index (χ4v) is 3.66. The van der Waals surface area contributed by atoms with Crippen LogP contribution >= 0.6 is 0 Å². The van der Waals surface area contributed by atoms with E-state index in [-0.39, 0.29) is 30.5 Å². The summed E-state index contributed by atoms with van der Waals surface area (Å²) in [5.74, 6) is 0.0208. The van der Waals surface area contributed by atoms with Crippen molar-refractivity contribution in [3.05, 3.63) is 92.9 Å². The molecule has 0 aliphatic carbocycles. The van der Waals surface area contributed by atoms with Crippen LogP contribution in [0.4, 0.5) is 5.69 Å². The van der Waals surface area contributed by atoms with Gasteiger partial charge in [-0.25, -0.2) is 0 Å². The highest BCUT2D eigenvalue weighted by Gasteiger charge is 2.26. The highest BCUT2D eigenvalue weighted by Crippen LogP contribution is 2.34. The summed E-state index contributed by atoms with van der Waals surface area (Å²) in [7, 11) is 0. The van der Waals surface area contributed by atoms with E-state index in [1.165, 1.54) is 0 Å². The molecule has 7 heteroatoms. The van der Waals surface area contributed by atoms with E-state index in [0.717, 1.165) is 16.8 Å². The van der Waals surface area contributed by atoms with Crippen LogP contribution in [0.2, 0.25) is 0 Å². The van der Waals surface area contributed by atoms with E-state index < -0.39 is 0 Å². The number of carbonyl (C=O) groups excluding carboxylic acids is 2. The summed E-state index contributed by atoms with van der Waals surface area (Å²) in [6.07, 6.45) is 0. The molecule has 1 aromatic heterocycles. The van der Waals surface area contributed by atoms with Crippen molar-refractivity contribution in [3.63, 3.8) is 0 Å². The maximum Gasteiger partial charge on any atom is 0.265 e. The van der Waals surface area contributed by atoms with Gasteiger partial charge in [0.25, 0.3) is 17.4 Å². The number of pyridine rings is 1. The Bertz CT molecular complexity index is 1200. The summed E-state index contributed by atoms with van der Waals surface area (Å²) in [6.45, 7) is 4.13. The minimum atomic E-state index is -0.322. The van der Waals surface area contributed by atoms with E-state index in [9.17, 15) is 14.4 Å². The number of aryl methyl sites for hydroxylation is 2. The number of carbonyl (C=O) groups is 2. The second kappa shape index (κ2) is 8.47. The van der Waals surface area contributed by atoms with Gasteiger partial charge in [0.2, 0.25) is 0 Å². The first-order valence-corrected chi connectivity index (χ1v) is 10.0. The van der Waals surface area contributed by atoms with E-state index in [4.69, 9.17) is 4.74 Å². The summed E-state index contributed by atoms with van der Waals surface area (Å²) in [4.78, 5) is 41.6. The molecule has 2 heterocycles. The Balaban J connectivity index is 1.52. The van der Waals surface area contributed by atoms with Gasteiger partial charge >= 0.3 is 0 Å². The van der Waals surface area contributed by atoms with Crippen molar-refractivity contribution in [2.75, 3.05) is 11.5 Å². The number of nitrogens with zero attached hydrogens (tertiary/aromatic N) is 1. The Hall–Kier alpha value is -3.87. The van der Waals surface area contributed by atoms with Crippen LogP contribution in [-0.4, -0.2) is 23.4 Å². The summed E-state index contributed by atoms with van der Waals surface area (Å²) in [5.41, 5.74) is 3.94. The molecule has 0 saturated carbocycles. The summed E-state index contributed by atoms with van der Waals surface area (Å²) < 4.78 is 5.58. The maximum absolute atomic E-state index is 12.7. The third kappa shape index (κ3) is 4.35. The number of aromatic amines is 1. The number of aromatic nitrogens is 1. The van der Waals surface area contributed by atoms with E-state index in [1.54, 1.807) is 23.1 Å². The molecule has 0 bridgehead atoms. The summed E-state index contributed by atoms with van der Waals surface area (Å²) in [5, 5.41) is 2.79. The molecular weight excluding hydrogens is 394 g/mol. The molecule has 0 fully saturated rings. The Morgan fingerprint density at radius 3 is 2.61 bits per heavy atom. The lowest BCUT2D eigenvalue weighted by atomic mass is 10.1. The first kappa shape index (κ1) is 20.4. The van der Waals surface area contributed by atoms with Crippen molar-refractivity contribution in [2.24, 2.45) is 0 Å². The van der Waals surface area contributed by atoms with Crippen LogP contribution in [0.15, 0.2) is 59.4 Å². The van der Waals surface area contributed by atoms with Gasteiger partial charge in [0.1, 0.15) is 5.75 Å². The van der Waals surface area contributed by atoms with Gasteiger partial charge in [-0.15, -0.1) is 0 Å². The summed E-state index contributed by atoms with van der Waals surface area (Å²) in [6, 6.07) is 16.6. The molecule has 2 N–H and O–H groups in total. The molecular formula is C24H23N3O4. The van der Waals surface area contributed by atoms with Crippen molar-refractivity contribution in [3.8, 4) is 5.75 Å². The number of H-pyrrole nitrogens is 1. The lowest BCUT2D eigenvalue weighted by Crippen LogP contribution is -2.38. The predicted octanol–water partition coefficient (Wildman–Crippen LogP) is 2.85. The smallest absolute Gasteiger partial charge is 0.265 e. The molecule has 1 aliphatic heterocycles. The van der Waals surface area contributed by atoms with Crippen LogP contribution < -0.4 is 20.5 Å². The summed E-state index contributed by atoms with van der Waals surface area (Å²) >= 11 is 0. The zero-order valence-electron chi connectivity index (χ0n) is 17.4. The highest BCUT2D eigenvalue weighted by molar-refractivity contribution is 6.00. The number of ether oxygens (including phenoxy) is 1. The van der Waals surface area contributed by atoms with E-state index in [1.807, 2.05) is 50.2 Å². The molecule has 0 atom stereocenters. The fraction of sp³-hybridized carbons (Fsp3) is 0.208. The van der Waals surface area contributed by atoms with Gasteiger partial charge in [-0.3, -0.25) is 14.4 Å². The minimum absolute atomic E-state index is 0.0805. The topological polar surface area (TPSA) is 91.5 Å². The molecule has 0 unspecified atom stereocenters. The fourth-order valence-electron chi connectivity index (χ4n) is 3.66. The molecule has 7 nitrogen and oxygen atoms in total. The number of nitrogens with one attached hydrogen (secondary N) is 2. The van der Waals surface area contributed by atoms with Gasteiger partial charge < -0.3 is 19.9 Å². The molecule has 4 rings (SSSR count). The molecule has 2 amide bonds. The highest BCUT2D eigenvalue weighted by atomic mass is 16.5.